The van der Waals surface area contributed by atoms with E-state index < -0.39 is 0 Å². The molecule has 2 rings (SSSR count). The lowest BCUT2D eigenvalue weighted by Crippen LogP contribution is -2.14. The van der Waals surface area contributed by atoms with E-state index in [0.717, 1.165) is 5.56 Å². The Morgan fingerprint density at radius 3 is 3.00 bits per heavy atom. The molecule has 0 spiro atoms. The van der Waals surface area contributed by atoms with Crippen molar-refractivity contribution in [2.45, 2.75) is 25.7 Å². The largest absolute Gasteiger partial charge is 0.490 e. The third-order valence-corrected chi connectivity index (χ3v) is 3.48. The Labute approximate surface area is 146 Å². The molecule has 0 radical (unpaired) electrons. The van der Waals surface area contributed by atoms with Gasteiger partial charge in [0.1, 0.15) is 0 Å². The molecule has 24 heavy (non-hydrogen) atoms. The van der Waals surface area contributed by atoms with Crippen LogP contribution >= 0.6 is 11.6 Å². The van der Waals surface area contributed by atoms with Crippen LogP contribution in [0.25, 0.3) is 0 Å². The molecule has 1 N–H and O–H groups in total. The first kappa shape index (κ1) is 17.8. The molecule has 0 fully saturated rings. The van der Waals surface area contributed by atoms with Crippen molar-refractivity contribution < 1.29 is 9.53 Å². The van der Waals surface area contributed by atoms with Gasteiger partial charge in [-0.25, -0.2) is 4.98 Å². The lowest BCUT2D eigenvalue weighted by molar-refractivity contribution is -0.116. The quantitative estimate of drug-likeness (QED) is 0.735. The van der Waals surface area contributed by atoms with Crippen molar-refractivity contribution in [2.24, 2.45) is 0 Å². The summed E-state index contributed by atoms with van der Waals surface area (Å²) in [4.78, 5) is 16.3. The van der Waals surface area contributed by atoms with E-state index in [0.29, 0.717) is 48.9 Å². The maximum atomic E-state index is 12.1. The molecule has 0 aliphatic heterocycles. The molecular formula is C18H18ClN3O2. The van der Waals surface area contributed by atoms with Gasteiger partial charge in [0.25, 0.3) is 0 Å². The smallest absolute Gasteiger partial charge is 0.225 e. The van der Waals surface area contributed by atoms with Crippen LogP contribution in [-0.4, -0.2) is 17.5 Å². The van der Waals surface area contributed by atoms with E-state index in [4.69, 9.17) is 21.6 Å². The summed E-state index contributed by atoms with van der Waals surface area (Å²) in [6, 6.07) is 13.0. The number of nitrogens with zero attached hydrogens (tertiary/aromatic N) is 2. The van der Waals surface area contributed by atoms with Crippen LogP contribution in [0.1, 0.15) is 24.8 Å². The number of aromatic nitrogens is 1. The van der Waals surface area contributed by atoms with Gasteiger partial charge in [0.05, 0.1) is 12.7 Å². The number of aryl methyl sites for hydroxylation is 1. The molecular weight excluding hydrogens is 326 g/mol. The second kappa shape index (κ2) is 9.53. The van der Waals surface area contributed by atoms with Crippen molar-refractivity contribution in [1.82, 2.24) is 4.98 Å². The fourth-order valence-corrected chi connectivity index (χ4v) is 2.29. The second-order valence-corrected chi connectivity index (χ2v) is 5.57. The molecule has 1 aromatic heterocycles. The van der Waals surface area contributed by atoms with Gasteiger partial charge in [-0.05, 0) is 42.7 Å². The van der Waals surface area contributed by atoms with E-state index in [9.17, 15) is 4.79 Å². The number of rotatable bonds is 8. The lowest BCUT2D eigenvalue weighted by atomic mass is 10.1. The van der Waals surface area contributed by atoms with E-state index in [2.05, 4.69) is 16.4 Å². The topological polar surface area (TPSA) is 75.0 Å². The zero-order chi connectivity index (χ0) is 17.2. The van der Waals surface area contributed by atoms with Crippen LogP contribution in [0.15, 0.2) is 42.6 Å². The van der Waals surface area contributed by atoms with E-state index in [1.165, 1.54) is 0 Å². The summed E-state index contributed by atoms with van der Waals surface area (Å²) >= 11 is 5.93. The Balaban J connectivity index is 1.88. The number of amides is 1. The lowest BCUT2D eigenvalue weighted by Gasteiger charge is -2.11. The second-order valence-electron chi connectivity index (χ2n) is 5.14. The molecule has 0 aliphatic rings. The summed E-state index contributed by atoms with van der Waals surface area (Å²) in [5.74, 6) is 0.757. The minimum absolute atomic E-state index is 0.143. The van der Waals surface area contributed by atoms with Crippen molar-refractivity contribution in [3.8, 4) is 11.8 Å². The van der Waals surface area contributed by atoms with Crippen molar-refractivity contribution in [1.29, 1.82) is 5.26 Å². The molecule has 0 atom stereocenters. The first-order valence-corrected chi connectivity index (χ1v) is 8.06. The Kier molecular flexibility index (Phi) is 7.06. The predicted molar refractivity (Wildman–Crippen MR) is 93.0 cm³/mol. The maximum Gasteiger partial charge on any atom is 0.225 e. The molecule has 1 amide bonds. The number of anilines is 1. The number of ether oxygens (including phenoxy) is 1. The number of carbonyl (C=O) groups excluding carboxylic acids is 1. The maximum absolute atomic E-state index is 12.1. The fourth-order valence-electron chi connectivity index (χ4n) is 2.08. The third kappa shape index (κ3) is 5.90. The van der Waals surface area contributed by atoms with Gasteiger partial charge in [0.15, 0.2) is 11.6 Å². The van der Waals surface area contributed by atoms with Crippen molar-refractivity contribution in [3.63, 3.8) is 0 Å². The summed E-state index contributed by atoms with van der Waals surface area (Å²) in [7, 11) is 0. The van der Waals surface area contributed by atoms with Gasteiger partial charge in [0.2, 0.25) is 5.91 Å². The normalized spacial score (nSPS) is 10.0. The first-order valence-electron chi connectivity index (χ1n) is 7.68. The number of pyridine rings is 1. The highest BCUT2D eigenvalue weighted by atomic mass is 35.5. The van der Waals surface area contributed by atoms with Gasteiger partial charge in [-0.2, -0.15) is 5.26 Å². The molecule has 6 heteroatoms. The highest BCUT2D eigenvalue weighted by Crippen LogP contribution is 2.21. The van der Waals surface area contributed by atoms with Crippen LogP contribution in [0.3, 0.4) is 0 Å². The number of hydrogen-bond donors (Lipinski definition) is 1. The summed E-state index contributed by atoms with van der Waals surface area (Å²) in [5, 5.41) is 11.9. The Morgan fingerprint density at radius 2 is 2.21 bits per heavy atom. The van der Waals surface area contributed by atoms with Crippen LogP contribution < -0.4 is 10.1 Å². The molecule has 0 saturated heterocycles. The average molecular weight is 344 g/mol. The minimum Gasteiger partial charge on any atom is -0.490 e. The standard InChI is InChI=1S/C18H18ClN3O2/c19-15-6-3-5-14(13-15)8-9-17(23)22-18-16(7-4-11-21-18)24-12-2-1-10-20/h3-7,11,13H,1-2,8-9,12H2,(H,21,22,23). The highest BCUT2D eigenvalue weighted by Gasteiger charge is 2.09. The molecule has 0 bridgehead atoms. The Morgan fingerprint density at radius 1 is 1.33 bits per heavy atom. The van der Waals surface area contributed by atoms with Gasteiger partial charge in [-0.15, -0.1) is 0 Å². The number of halogens is 1. The third-order valence-electron chi connectivity index (χ3n) is 3.25. The summed E-state index contributed by atoms with van der Waals surface area (Å²) < 4.78 is 5.57. The van der Waals surface area contributed by atoms with E-state index in [-0.39, 0.29) is 5.91 Å². The van der Waals surface area contributed by atoms with Crippen LogP contribution in [-0.2, 0) is 11.2 Å². The van der Waals surface area contributed by atoms with Gasteiger partial charge < -0.3 is 10.1 Å². The van der Waals surface area contributed by atoms with Crippen LogP contribution in [0.2, 0.25) is 5.02 Å². The zero-order valence-corrected chi connectivity index (χ0v) is 13.9. The zero-order valence-electron chi connectivity index (χ0n) is 13.2. The number of unbranched alkanes of at least 4 members (excludes halogenated alkanes) is 1. The molecule has 0 aliphatic carbocycles. The molecule has 124 valence electrons. The molecule has 1 aromatic carbocycles. The molecule has 5 nitrogen and oxygen atoms in total. The van der Waals surface area contributed by atoms with Crippen LogP contribution in [0.4, 0.5) is 5.82 Å². The average Bonchev–Trinajstić information content (AvgIpc) is 2.58. The molecule has 2 aromatic rings. The fraction of sp³-hybridized carbons (Fsp3) is 0.278. The summed E-state index contributed by atoms with van der Waals surface area (Å²) in [5.41, 5.74) is 1.01. The number of benzene rings is 1. The van der Waals surface area contributed by atoms with Gasteiger partial charge >= 0.3 is 0 Å². The summed E-state index contributed by atoms with van der Waals surface area (Å²) in [6.45, 7) is 0.407. The van der Waals surface area contributed by atoms with Crippen molar-refractivity contribution in [3.05, 3.63) is 53.2 Å². The van der Waals surface area contributed by atoms with Gasteiger partial charge in [-0.1, -0.05) is 23.7 Å². The SMILES string of the molecule is N#CCCCOc1cccnc1NC(=O)CCc1cccc(Cl)c1. The van der Waals surface area contributed by atoms with Gasteiger partial charge in [-0.3, -0.25) is 4.79 Å². The minimum atomic E-state index is -0.143. The van der Waals surface area contributed by atoms with Crippen LogP contribution in [0.5, 0.6) is 5.75 Å². The molecule has 0 unspecified atom stereocenters. The predicted octanol–water partition coefficient (Wildman–Crippen LogP) is 3.99. The number of nitrogens with one attached hydrogen (secondary N) is 1. The Bertz CT molecular complexity index is 728. The number of hydrogen-bond acceptors (Lipinski definition) is 4. The van der Waals surface area contributed by atoms with Gasteiger partial charge in [0, 0.05) is 24.1 Å². The highest BCUT2D eigenvalue weighted by molar-refractivity contribution is 6.30. The monoisotopic (exact) mass is 343 g/mol. The van der Waals surface area contributed by atoms with E-state index in [1.54, 1.807) is 24.4 Å². The molecule has 1 heterocycles. The van der Waals surface area contributed by atoms with Crippen molar-refractivity contribution >= 4 is 23.3 Å². The van der Waals surface area contributed by atoms with E-state index in [1.807, 2.05) is 18.2 Å². The molecule has 0 saturated carbocycles. The first-order chi connectivity index (χ1) is 11.7. The summed E-state index contributed by atoms with van der Waals surface area (Å²) in [6.07, 6.45) is 3.58. The van der Waals surface area contributed by atoms with Crippen molar-refractivity contribution in [2.75, 3.05) is 11.9 Å². The van der Waals surface area contributed by atoms with E-state index >= 15 is 0 Å². The number of nitriles is 1. The number of carbonyl (C=O) groups is 1. The van der Waals surface area contributed by atoms with Crippen LogP contribution in [0, 0.1) is 11.3 Å². The Hall–Kier alpha value is -2.58.